The Morgan fingerprint density at radius 1 is 0.946 bits per heavy atom. The summed E-state index contributed by atoms with van der Waals surface area (Å²) in [5.74, 6) is 0.592. The van der Waals surface area contributed by atoms with Gasteiger partial charge in [0.15, 0.2) is 6.10 Å². The number of ether oxygens (including phenoxy) is 2. The SMILES string of the molecule is CCOC(Cc1ccc(OCCN(CCCSc2ccccc2)C(=O)Nc2ccccc2)cc1)C(=O)O. The highest BCUT2D eigenvalue weighted by molar-refractivity contribution is 7.99. The van der Waals surface area contributed by atoms with E-state index in [-0.39, 0.29) is 12.5 Å². The number of nitrogens with zero attached hydrogens (tertiary/aromatic N) is 1. The molecule has 2 N–H and O–H groups in total. The molecule has 196 valence electrons. The summed E-state index contributed by atoms with van der Waals surface area (Å²) >= 11 is 1.77. The minimum absolute atomic E-state index is 0.162. The van der Waals surface area contributed by atoms with Gasteiger partial charge in [-0.15, -0.1) is 11.8 Å². The van der Waals surface area contributed by atoms with Crippen molar-refractivity contribution in [3.63, 3.8) is 0 Å². The molecule has 0 saturated heterocycles. The van der Waals surface area contributed by atoms with Gasteiger partial charge in [-0.1, -0.05) is 48.5 Å². The molecule has 3 aromatic carbocycles. The van der Waals surface area contributed by atoms with Crippen LogP contribution in [0.5, 0.6) is 5.75 Å². The number of aliphatic carboxylic acids is 1. The monoisotopic (exact) mass is 522 g/mol. The van der Waals surface area contributed by atoms with Crippen molar-refractivity contribution >= 4 is 29.4 Å². The van der Waals surface area contributed by atoms with Gasteiger partial charge in [0, 0.05) is 30.2 Å². The zero-order valence-corrected chi connectivity index (χ0v) is 21.9. The number of thioether (sulfide) groups is 1. The Labute approximate surface area is 222 Å². The lowest BCUT2D eigenvalue weighted by molar-refractivity contribution is -0.149. The molecule has 2 amide bonds. The second-order valence-electron chi connectivity index (χ2n) is 8.28. The maximum Gasteiger partial charge on any atom is 0.333 e. The molecule has 3 aromatic rings. The van der Waals surface area contributed by atoms with Gasteiger partial charge in [-0.05, 0) is 61.1 Å². The van der Waals surface area contributed by atoms with Crippen molar-refractivity contribution in [1.82, 2.24) is 4.90 Å². The second-order valence-corrected chi connectivity index (χ2v) is 9.45. The number of nitrogens with one attached hydrogen (secondary N) is 1. The van der Waals surface area contributed by atoms with Gasteiger partial charge in [0.1, 0.15) is 12.4 Å². The van der Waals surface area contributed by atoms with E-state index in [2.05, 4.69) is 17.4 Å². The topological polar surface area (TPSA) is 88.1 Å². The maximum atomic E-state index is 13.0. The average molecular weight is 523 g/mol. The van der Waals surface area contributed by atoms with Gasteiger partial charge in [0.2, 0.25) is 0 Å². The molecule has 8 heteroatoms. The van der Waals surface area contributed by atoms with E-state index >= 15 is 0 Å². The molecule has 0 bridgehead atoms. The molecular weight excluding hydrogens is 488 g/mol. The maximum absolute atomic E-state index is 13.0. The Balaban J connectivity index is 1.51. The Hall–Kier alpha value is -3.49. The van der Waals surface area contributed by atoms with Crippen LogP contribution in [0.1, 0.15) is 18.9 Å². The number of para-hydroxylation sites is 1. The van der Waals surface area contributed by atoms with Crippen molar-refractivity contribution in [2.45, 2.75) is 30.8 Å². The minimum atomic E-state index is -0.974. The van der Waals surface area contributed by atoms with E-state index in [9.17, 15) is 14.7 Å². The highest BCUT2D eigenvalue weighted by Gasteiger charge is 2.18. The van der Waals surface area contributed by atoms with Crippen molar-refractivity contribution in [1.29, 1.82) is 0 Å². The van der Waals surface area contributed by atoms with Crippen LogP contribution in [0.15, 0.2) is 89.8 Å². The predicted molar refractivity (Wildman–Crippen MR) is 148 cm³/mol. The van der Waals surface area contributed by atoms with E-state index in [1.54, 1.807) is 23.6 Å². The Morgan fingerprint density at radius 3 is 2.27 bits per heavy atom. The van der Waals surface area contributed by atoms with Gasteiger partial charge < -0.3 is 24.8 Å². The molecule has 0 radical (unpaired) electrons. The van der Waals surface area contributed by atoms with E-state index in [0.717, 1.165) is 23.4 Å². The van der Waals surface area contributed by atoms with Gasteiger partial charge in [0.25, 0.3) is 0 Å². The van der Waals surface area contributed by atoms with Crippen LogP contribution in [-0.2, 0) is 16.0 Å². The Bertz CT molecular complexity index is 1080. The number of hydrogen-bond donors (Lipinski definition) is 2. The number of carbonyl (C=O) groups is 2. The number of benzene rings is 3. The third kappa shape index (κ3) is 10.2. The normalized spacial score (nSPS) is 11.5. The Morgan fingerprint density at radius 2 is 1.62 bits per heavy atom. The lowest BCUT2D eigenvalue weighted by atomic mass is 10.1. The number of carboxylic acids is 1. The summed E-state index contributed by atoms with van der Waals surface area (Å²) in [6.07, 6.45) is 0.271. The van der Waals surface area contributed by atoms with Crippen LogP contribution in [0.3, 0.4) is 0 Å². The fourth-order valence-corrected chi connectivity index (χ4v) is 4.49. The summed E-state index contributed by atoms with van der Waals surface area (Å²) < 4.78 is 11.2. The summed E-state index contributed by atoms with van der Waals surface area (Å²) in [6, 6.07) is 26.8. The highest BCUT2D eigenvalue weighted by Crippen LogP contribution is 2.18. The van der Waals surface area contributed by atoms with E-state index in [1.807, 2.05) is 72.8 Å². The van der Waals surface area contributed by atoms with Crippen molar-refractivity contribution in [2.24, 2.45) is 0 Å². The fraction of sp³-hybridized carbons (Fsp3) is 0.310. The lowest BCUT2D eigenvalue weighted by Gasteiger charge is -2.23. The van der Waals surface area contributed by atoms with Crippen LogP contribution in [0.4, 0.5) is 10.5 Å². The molecule has 0 aliphatic carbocycles. The van der Waals surface area contributed by atoms with Crippen LogP contribution in [0, 0.1) is 0 Å². The van der Waals surface area contributed by atoms with Gasteiger partial charge in [-0.2, -0.15) is 0 Å². The van der Waals surface area contributed by atoms with Crippen LogP contribution < -0.4 is 10.1 Å². The molecule has 1 atom stereocenters. The first-order valence-electron chi connectivity index (χ1n) is 12.4. The molecule has 7 nitrogen and oxygen atoms in total. The van der Waals surface area contributed by atoms with Crippen molar-refractivity contribution < 1.29 is 24.2 Å². The van der Waals surface area contributed by atoms with Crippen molar-refractivity contribution in [3.05, 3.63) is 90.5 Å². The molecule has 0 saturated carbocycles. The summed E-state index contributed by atoms with van der Waals surface area (Å²) in [5.41, 5.74) is 1.60. The zero-order valence-electron chi connectivity index (χ0n) is 21.0. The number of amides is 2. The molecule has 0 aliphatic heterocycles. The van der Waals surface area contributed by atoms with Crippen LogP contribution in [0.25, 0.3) is 0 Å². The van der Waals surface area contributed by atoms with E-state index < -0.39 is 12.1 Å². The minimum Gasteiger partial charge on any atom is -0.492 e. The van der Waals surface area contributed by atoms with E-state index in [4.69, 9.17) is 9.47 Å². The van der Waals surface area contributed by atoms with Crippen molar-refractivity contribution in [3.8, 4) is 5.75 Å². The molecule has 0 aromatic heterocycles. The van der Waals surface area contributed by atoms with Crippen molar-refractivity contribution in [2.75, 3.05) is 37.4 Å². The van der Waals surface area contributed by atoms with Gasteiger partial charge in [0.05, 0.1) is 6.54 Å². The number of urea groups is 1. The number of carbonyl (C=O) groups excluding carboxylic acids is 1. The molecule has 3 rings (SSSR count). The van der Waals surface area contributed by atoms with Crippen LogP contribution >= 0.6 is 11.8 Å². The molecule has 0 heterocycles. The molecule has 0 fully saturated rings. The first-order valence-corrected chi connectivity index (χ1v) is 13.4. The molecule has 0 spiro atoms. The summed E-state index contributed by atoms with van der Waals surface area (Å²) in [7, 11) is 0. The highest BCUT2D eigenvalue weighted by atomic mass is 32.2. The standard InChI is InChI=1S/C29H34N2O5S/c1-2-35-27(28(32)33)22-23-14-16-25(17-15-23)36-20-19-31(29(34)30-24-10-5-3-6-11-24)18-9-21-37-26-12-7-4-8-13-26/h3-8,10-17,27H,2,9,18-22H2,1H3,(H,30,34)(H,32,33). The summed E-state index contributed by atoms with van der Waals surface area (Å²) in [4.78, 5) is 27.3. The van der Waals surface area contributed by atoms with Gasteiger partial charge in [-0.25, -0.2) is 9.59 Å². The predicted octanol–water partition coefficient (Wildman–Crippen LogP) is 5.81. The molecule has 0 aliphatic rings. The smallest absolute Gasteiger partial charge is 0.333 e. The third-order valence-electron chi connectivity index (χ3n) is 5.51. The van der Waals surface area contributed by atoms with E-state index in [1.165, 1.54) is 4.90 Å². The molecule has 1 unspecified atom stereocenters. The van der Waals surface area contributed by atoms with E-state index in [0.29, 0.717) is 32.1 Å². The number of anilines is 1. The average Bonchev–Trinajstić information content (AvgIpc) is 2.91. The number of hydrogen-bond acceptors (Lipinski definition) is 5. The zero-order chi connectivity index (χ0) is 26.3. The van der Waals surface area contributed by atoms with Gasteiger partial charge >= 0.3 is 12.0 Å². The van der Waals surface area contributed by atoms with Crippen LogP contribution in [-0.4, -0.2) is 60.2 Å². The first kappa shape index (κ1) is 28.1. The Kier molecular flexibility index (Phi) is 11.8. The second kappa shape index (κ2) is 15.6. The first-order chi connectivity index (χ1) is 18.0. The van der Waals surface area contributed by atoms with Crippen LogP contribution in [0.2, 0.25) is 0 Å². The summed E-state index contributed by atoms with van der Waals surface area (Å²) in [6.45, 7) is 3.50. The lowest BCUT2D eigenvalue weighted by Crippen LogP contribution is -2.38. The largest absolute Gasteiger partial charge is 0.492 e. The third-order valence-corrected chi connectivity index (χ3v) is 6.61. The summed E-state index contributed by atoms with van der Waals surface area (Å²) in [5, 5.41) is 12.2. The fourth-order valence-electron chi connectivity index (χ4n) is 3.63. The molecular formula is C29H34N2O5S. The molecule has 37 heavy (non-hydrogen) atoms. The van der Waals surface area contributed by atoms with Gasteiger partial charge in [-0.3, -0.25) is 0 Å². The number of rotatable bonds is 15. The number of carboxylic acid groups (broad SMARTS) is 1. The quantitative estimate of drug-likeness (QED) is 0.193.